The summed E-state index contributed by atoms with van der Waals surface area (Å²) in [6.07, 6.45) is 4.56. The molecule has 3 saturated carbocycles. The first-order valence-corrected chi connectivity index (χ1v) is 6.21. The van der Waals surface area contributed by atoms with E-state index in [1.165, 1.54) is 12.0 Å². The summed E-state index contributed by atoms with van der Waals surface area (Å²) in [5, 5.41) is 0. The van der Waals surface area contributed by atoms with Crippen molar-refractivity contribution in [2.45, 2.75) is 39.5 Å². The van der Waals surface area contributed by atoms with Crippen molar-refractivity contribution in [1.82, 2.24) is 0 Å². The van der Waals surface area contributed by atoms with Crippen LogP contribution in [0, 0.1) is 29.1 Å². The maximum atomic E-state index is 12.3. The van der Waals surface area contributed by atoms with Crippen molar-refractivity contribution in [1.29, 1.82) is 0 Å². The molecule has 3 rings (SSSR count). The highest BCUT2D eigenvalue weighted by atomic mass is 16.1. The highest BCUT2D eigenvalue weighted by Gasteiger charge is 2.57. The molecule has 0 unspecified atom stereocenters. The summed E-state index contributed by atoms with van der Waals surface area (Å²) < 4.78 is 0. The SMILES string of the molecule is C=C1CC[C@@H]2C(=O)[C@H]3CC(C)(C)C[C@H]3[C@H]12. The Bertz CT molecular complexity index is 339. The van der Waals surface area contributed by atoms with E-state index in [4.69, 9.17) is 0 Å². The monoisotopic (exact) mass is 204 g/mol. The molecule has 1 nitrogen and oxygen atoms in total. The molecular weight excluding hydrogens is 184 g/mol. The number of fused-ring (bicyclic) bond motifs is 3. The number of Topliss-reactive ketones (excluding diaryl/α,β-unsaturated/α-hetero) is 1. The van der Waals surface area contributed by atoms with Gasteiger partial charge in [0.15, 0.2) is 0 Å². The van der Waals surface area contributed by atoms with Crippen LogP contribution in [-0.2, 0) is 4.79 Å². The van der Waals surface area contributed by atoms with Crippen molar-refractivity contribution in [2.24, 2.45) is 29.1 Å². The largest absolute Gasteiger partial charge is 0.299 e. The van der Waals surface area contributed by atoms with Crippen molar-refractivity contribution in [3.8, 4) is 0 Å². The molecule has 0 radical (unpaired) electrons. The second kappa shape index (κ2) is 2.75. The third-order valence-corrected chi connectivity index (χ3v) is 4.95. The van der Waals surface area contributed by atoms with Crippen molar-refractivity contribution in [3.05, 3.63) is 12.2 Å². The molecule has 82 valence electrons. The molecular formula is C14H20O. The lowest BCUT2D eigenvalue weighted by molar-refractivity contribution is -0.124. The summed E-state index contributed by atoms with van der Waals surface area (Å²) in [6.45, 7) is 8.81. The minimum absolute atomic E-state index is 0.364. The zero-order valence-electron chi connectivity index (χ0n) is 9.75. The highest BCUT2D eigenvalue weighted by molar-refractivity contribution is 5.88. The van der Waals surface area contributed by atoms with Gasteiger partial charge in [0.05, 0.1) is 0 Å². The van der Waals surface area contributed by atoms with Crippen molar-refractivity contribution >= 4 is 5.78 Å². The second-order valence-electron chi connectivity index (χ2n) is 6.57. The van der Waals surface area contributed by atoms with E-state index in [9.17, 15) is 4.79 Å². The maximum Gasteiger partial charge on any atom is 0.139 e. The van der Waals surface area contributed by atoms with E-state index in [-0.39, 0.29) is 0 Å². The molecule has 3 aliphatic rings. The molecule has 3 fully saturated rings. The maximum absolute atomic E-state index is 12.3. The van der Waals surface area contributed by atoms with Crippen LogP contribution in [-0.4, -0.2) is 5.78 Å². The van der Waals surface area contributed by atoms with Crippen LogP contribution in [0.15, 0.2) is 12.2 Å². The van der Waals surface area contributed by atoms with E-state index in [0.717, 1.165) is 19.3 Å². The lowest BCUT2D eigenvalue weighted by atomic mass is 9.82. The van der Waals surface area contributed by atoms with Gasteiger partial charge in [0.1, 0.15) is 5.78 Å². The van der Waals surface area contributed by atoms with E-state index >= 15 is 0 Å². The summed E-state index contributed by atoms with van der Waals surface area (Å²) in [5.41, 5.74) is 1.76. The molecule has 15 heavy (non-hydrogen) atoms. The van der Waals surface area contributed by atoms with Gasteiger partial charge in [0.2, 0.25) is 0 Å². The number of carbonyl (C=O) groups is 1. The molecule has 0 heterocycles. The van der Waals surface area contributed by atoms with E-state index in [0.29, 0.717) is 34.9 Å². The molecule has 0 spiro atoms. The van der Waals surface area contributed by atoms with E-state index in [1.807, 2.05) is 0 Å². The third kappa shape index (κ3) is 1.18. The molecule has 4 atom stereocenters. The van der Waals surface area contributed by atoms with Gasteiger partial charge in [-0.15, -0.1) is 0 Å². The van der Waals surface area contributed by atoms with Gasteiger partial charge in [-0.05, 0) is 42.9 Å². The molecule has 0 bridgehead atoms. The smallest absolute Gasteiger partial charge is 0.139 e. The van der Waals surface area contributed by atoms with Crippen LogP contribution in [0.25, 0.3) is 0 Å². The van der Waals surface area contributed by atoms with Crippen LogP contribution >= 0.6 is 0 Å². The van der Waals surface area contributed by atoms with Gasteiger partial charge < -0.3 is 0 Å². The predicted molar refractivity (Wildman–Crippen MR) is 60.4 cm³/mol. The molecule has 3 aliphatic carbocycles. The fraction of sp³-hybridized carbons (Fsp3) is 0.786. The van der Waals surface area contributed by atoms with Crippen molar-refractivity contribution < 1.29 is 4.79 Å². The van der Waals surface area contributed by atoms with Crippen LogP contribution in [0.3, 0.4) is 0 Å². The quantitative estimate of drug-likeness (QED) is 0.554. The first-order valence-electron chi connectivity index (χ1n) is 6.21. The number of hydrogen-bond acceptors (Lipinski definition) is 1. The summed E-state index contributed by atoms with van der Waals surface area (Å²) in [7, 11) is 0. The van der Waals surface area contributed by atoms with Gasteiger partial charge in [0, 0.05) is 11.8 Å². The number of hydrogen-bond donors (Lipinski definition) is 0. The van der Waals surface area contributed by atoms with E-state index in [1.54, 1.807) is 0 Å². The Morgan fingerprint density at radius 3 is 2.73 bits per heavy atom. The molecule has 0 aromatic heterocycles. The second-order valence-corrected chi connectivity index (χ2v) is 6.57. The summed E-state index contributed by atoms with van der Waals surface area (Å²) in [6, 6.07) is 0. The standard InChI is InChI=1S/C14H20O/c1-8-4-5-9-12(8)10-6-14(2,3)7-11(10)13(9)15/h9-12H,1,4-7H2,2-3H3/t9-,10+,11-,12+/m0/s1. The van der Waals surface area contributed by atoms with Gasteiger partial charge in [0.25, 0.3) is 0 Å². The van der Waals surface area contributed by atoms with Gasteiger partial charge in [-0.2, -0.15) is 0 Å². The van der Waals surface area contributed by atoms with Crippen molar-refractivity contribution in [3.63, 3.8) is 0 Å². The molecule has 0 amide bonds. The third-order valence-electron chi connectivity index (χ3n) is 4.95. The Morgan fingerprint density at radius 2 is 2.00 bits per heavy atom. The number of allylic oxidation sites excluding steroid dienone is 1. The normalized spacial score (nSPS) is 47.1. The van der Waals surface area contributed by atoms with Gasteiger partial charge in [-0.3, -0.25) is 4.79 Å². The lowest BCUT2D eigenvalue weighted by Gasteiger charge is -2.22. The average molecular weight is 204 g/mol. The Kier molecular flexibility index (Phi) is 1.76. The highest BCUT2D eigenvalue weighted by Crippen LogP contribution is 2.60. The first kappa shape index (κ1) is 9.62. The summed E-state index contributed by atoms with van der Waals surface area (Å²) in [4.78, 5) is 12.3. The molecule has 0 N–H and O–H groups in total. The van der Waals surface area contributed by atoms with Crippen molar-refractivity contribution in [2.75, 3.05) is 0 Å². The fourth-order valence-corrected chi connectivity index (χ4v) is 4.47. The Labute approximate surface area is 91.9 Å². The topological polar surface area (TPSA) is 17.1 Å². The fourth-order valence-electron chi connectivity index (χ4n) is 4.47. The Morgan fingerprint density at radius 1 is 1.27 bits per heavy atom. The predicted octanol–water partition coefficient (Wildman–Crippen LogP) is 3.20. The van der Waals surface area contributed by atoms with Crippen LogP contribution in [0.1, 0.15) is 39.5 Å². The average Bonchev–Trinajstić information content (AvgIpc) is 2.70. The van der Waals surface area contributed by atoms with Crippen LogP contribution in [0.2, 0.25) is 0 Å². The zero-order chi connectivity index (χ0) is 10.8. The minimum atomic E-state index is 0.364. The Balaban J connectivity index is 1.95. The number of rotatable bonds is 0. The van der Waals surface area contributed by atoms with Crippen LogP contribution < -0.4 is 0 Å². The molecule has 1 heteroatoms. The molecule has 0 aromatic carbocycles. The summed E-state index contributed by atoms with van der Waals surface area (Å²) in [5.74, 6) is 2.53. The van der Waals surface area contributed by atoms with Gasteiger partial charge >= 0.3 is 0 Å². The number of carbonyl (C=O) groups excluding carboxylic acids is 1. The Hall–Kier alpha value is -0.590. The lowest BCUT2D eigenvalue weighted by Crippen LogP contribution is -2.17. The van der Waals surface area contributed by atoms with Gasteiger partial charge in [-0.25, -0.2) is 0 Å². The molecule has 0 aliphatic heterocycles. The minimum Gasteiger partial charge on any atom is -0.299 e. The summed E-state index contributed by atoms with van der Waals surface area (Å²) >= 11 is 0. The molecule has 0 aromatic rings. The first-order chi connectivity index (χ1) is 6.99. The van der Waals surface area contributed by atoms with E-state index < -0.39 is 0 Å². The number of ketones is 1. The van der Waals surface area contributed by atoms with E-state index in [2.05, 4.69) is 20.4 Å². The van der Waals surface area contributed by atoms with Gasteiger partial charge in [-0.1, -0.05) is 26.0 Å². The van der Waals surface area contributed by atoms with Crippen LogP contribution in [0.4, 0.5) is 0 Å². The molecule has 0 saturated heterocycles. The van der Waals surface area contributed by atoms with Crippen LogP contribution in [0.5, 0.6) is 0 Å². The zero-order valence-corrected chi connectivity index (χ0v) is 9.75.